The van der Waals surface area contributed by atoms with Gasteiger partial charge in [0.1, 0.15) is 4.90 Å². The third kappa shape index (κ3) is 2.98. The summed E-state index contributed by atoms with van der Waals surface area (Å²) < 4.78 is 55.9. The minimum Gasteiger partial charge on any atom is -0.397 e. The van der Waals surface area contributed by atoms with Crippen molar-refractivity contribution >= 4 is 31.5 Å². The first-order chi connectivity index (χ1) is 8.50. The molecule has 0 aliphatic heterocycles. The molecule has 10 nitrogen and oxygen atoms in total. The molecule has 0 spiro atoms. The van der Waals surface area contributed by atoms with E-state index in [9.17, 15) is 26.9 Å². The number of nitro groups is 1. The normalized spacial score (nSPS) is 12.3. The number of hydrogen-bond acceptors (Lipinski definition) is 7. The van der Waals surface area contributed by atoms with E-state index in [1.807, 2.05) is 4.72 Å². The van der Waals surface area contributed by atoms with Gasteiger partial charge < -0.3 is 5.73 Å². The van der Waals surface area contributed by atoms with E-state index >= 15 is 0 Å². The predicted octanol–water partition coefficient (Wildman–Crippen LogP) is -0.668. The Kier molecular flexibility index (Phi) is 3.81. The van der Waals surface area contributed by atoms with E-state index in [2.05, 4.69) is 0 Å². The van der Waals surface area contributed by atoms with E-state index in [1.54, 1.807) is 0 Å². The fraction of sp³-hybridized carbons (Fsp3) is 0.143. The Morgan fingerprint density at radius 2 is 1.79 bits per heavy atom. The summed E-state index contributed by atoms with van der Waals surface area (Å²) in [5.74, 6) is 0. The number of nitrogens with two attached hydrogens (primary N) is 1. The minimum atomic E-state index is -4.98. The minimum absolute atomic E-state index is 0.425. The van der Waals surface area contributed by atoms with Crippen molar-refractivity contribution in [1.29, 1.82) is 0 Å². The van der Waals surface area contributed by atoms with Crippen LogP contribution >= 0.6 is 0 Å². The SMILES string of the molecule is CNS(=O)(=O)c1cc(S(=O)(=O)O)c([N+](=O)[O-])cc1N. The van der Waals surface area contributed by atoms with Gasteiger partial charge in [-0.2, -0.15) is 8.42 Å². The van der Waals surface area contributed by atoms with E-state index in [-0.39, 0.29) is 0 Å². The van der Waals surface area contributed by atoms with E-state index in [0.29, 0.717) is 12.1 Å². The smallest absolute Gasteiger partial charge is 0.301 e. The number of nitrogens with one attached hydrogen (secondary N) is 1. The molecule has 0 aliphatic rings. The average molecular weight is 311 g/mol. The van der Waals surface area contributed by atoms with E-state index < -0.39 is 46.2 Å². The molecule has 0 bridgehead atoms. The van der Waals surface area contributed by atoms with Crippen molar-refractivity contribution in [3.05, 3.63) is 22.2 Å². The van der Waals surface area contributed by atoms with Gasteiger partial charge >= 0.3 is 10.1 Å². The van der Waals surface area contributed by atoms with Gasteiger partial charge in [-0.1, -0.05) is 0 Å². The largest absolute Gasteiger partial charge is 0.397 e. The van der Waals surface area contributed by atoms with Crippen LogP contribution in [0.1, 0.15) is 0 Å². The molecule has 12 heteroatoms. The van der Waals surface area contributed by atoms with Crippen molar-refractivity contribution in [2.75, 3.05) is 12.8 Å². The number of nitrogen functional groups attached to an aromatic ring is 1. The molecule has 0 saturated carbocycles. The van der Waals surface area contributed by atoms with E-state index in [1.165, 1.54) is 0 Å². The van der Waals surface area contributed by atoms with Gasteiger partial charge in [0.2, 0.25) is 10.0 Å². The summed E-state index contributed by atoms with van der Waals surface area (Å²) in [5, 5.41) is 10.7. The van der Waals surface area contributed by atoms with E-state index in [0.717, 1.165) is 7.05 Å². The molecule has 19 heavy (non-hydrogen) atoms. The van der Waals surface area contributed by atoms with Gasteiger partial charge in [-0.15, -0.1) is 0 Å². The van der Waals surface area contributed by atoms with Crippen LogP contribution in [0.2, 0.25) is 0 Å². The third-order valence-electron chi connectivity index (χ3n) is 2.12. The highest BCUT2D eigenvalue weighted by molar-refractivity contribution is 7.89. The van der Waals surface area contributed by atoms with Crippen molar-refractivity contribution in [2.24, 2.45) is 0 Å². The Hall–Kier alpha value is -1.76. The maximum Gasteiger partial charge on any atom is 0.301 e. The van der Waals surface area contributed by atoms with Crippen LogP contribution in [0.15, 0.2) is 21.9 Å². The Morgan fingerprint density at radius 3 is 2.16 bits per heavy atom. The number of sulfonamides is 1. The summed E-state index contributed by atoms with van der Waals surface area (Å²) in [4.78, 5) is 7.72. The zero-order chi connectivity index (χ0) is 15.0. The first-order valence-corrected chi connectivity index (χ1v) is 7.42. The molecule has 0 heterocycles. The molecule has 0 aromatic heterocycles. The summed E-state index contributed by atoms with van der Waals surface area (Å²) in [7, 11) is -8.06. The molecular formula is C7H9N3O7S2. The van der Waals surface area contributed by atoms with Gasteiger partial charge in [0, 0.05) is 6.07 Å². The summed E-state index contributed by atoms with van der Waals surface area (Å²) in [5.41, 5.74) is 3.79. The van der Waals surface area contributed by atoms with Crippen molar-refractivity contribution in [2.45, 2.75) is 9.79 Å². The molecule has 0 radical (unpaired) electrons. The number of rotatable bonds is 4. The first kappa shape index (κ1) is 15.3. The Bertz CT molecular complexity index is 738. The Morgan fingerprint density at radius 1 is 1.26 bits per heavy atom. The first-order valence-electron chi connectivity index (χ1n) is 4.49. The topological polar surface area (TPSA) is 170 Å². The van der Waals surface area contributed by atoms with Crippen LogP contribution in [0.3, 0.4) is 0 Å². The summed E-state index contributed by atoms with van der Waals surface area (Å²) >= 11 is 0. The van der Waals surface area contributed by atoms with E-state index in [4.69, 9.17) is 10.3 Å². The molecule has 0 amide bonds. The fourth-order valence-corrected chi connectivity index (χ4v) is 2.86. The van der Waals surface area contributed by atoms with Crippen LogP contribution in [0.5, 0.6) is 0 Å². The zero-order valence-corrected chi connectivity index (χ0v) is 11.0. The molecule has 1 aromatic rings. The van der Waals surface area contributed by atoms with Crippen molar-refractivity contribution in [3.63, 3.8) is 0 Å². The molecule has 0 fully saturated rings. The maximum atomic E-state index is 11.5. The van der Waals surface area contributed by atoms with Gasteiger partial charge in [-0.05, 0) is 13.1 Å². The second-order valence-corrected chi connectivity index (χ2v) is 6.54. The molecule has 1 aromatic carbocycles. The Labute approximate surface area is 108 Å². The molecule has 0 unspecified atom stereocenters. The zero-order valence-electron chi connectivity index (χ0n) is 9.39. The monoisotopic (exact) mass is 311 g/mol. The molecule has 1 rings (SSSR count). The van der Waals surface area contributed by atoms with Crippen LogP contribution in [-0.2, 0) is 20.1 Å². The Balaban J connectivity index is 3.82. The van der Waals surface area contributed by atoms with Gasteiger partial charge in [-0.25, -0.2) is 13.1 Å². The number of nitrogens with zero attached hydrogens (tertiary/aromatic N) is 1. The van der Waals surface area contributed by atoms with Crippen LogP contribution in [0.4, 0.5) is 11.4 Å². The fourth-order valence-electron chi connectivity index (χ4n) is 1.26. The van der Waals surface area contributed by atoms with Gasteiger partial charge in [0.15, 0.2) is 4.90 Å². The predicted molar refractivity (Wildman–Crippen MR) is 63.6 cm³/mol. The lowest BCUT2D eigenvalue weighted by molar-refractivity contribution is -0.387. The van der Waals surface area contributed by atoms with Crippen LogP contribution in [0.25, 0.3) is 0 Å². The summed E-state index contributed by atoms with van der Waals surface area (Å²) in [6.45, 7) is 0. The number of benzene rings is 1. The lowest BCUT2D eigenvalue weighted by Crippen LogP contribution is -2.20. The molecule has 0 aliphatic carbocycles. The highest BCUT2D eigenvalue weighted by Crippen LogP contribution is 2.31. The maximum absolute atomic E-state index is 11.5. The van der Waals surface area contributed by atoms with Crippen LogP contribution in [0, 0.1) is 10.1 Å². The molecule has 4 N–H and O–H groups in total. The van der Waals surface area contributed by atoms with Gasteiger partial charge in [0.05, 0.1) is 10.6 Å². The van der Waals surface area contributed by atoms with Gasteiger partial charge in [-0.3, -0.25) is 14.7 Å². The average Bonchev–Trinajstić information content (AvgIpc) is 2.26. The summed E-state index contributed by atoms with van der Waals surface area (Å²) in [6, 6.07) is 0.974. The highest BCUT2D eigenvalue weighted by Gasteiger charge is 2.29. The molecule has 106 valence electrons. The second-order valence-electron chi connectivity index (χ2n) is 3.30. The quantitative estimate of drug-likeness (QED) is 0.284. The van der Waals surface area contributed by atoms with Crippen molar-refractivity contribution < 1.29 is 26.3 Å². The number of hydrogen-bond donors (Lipinski definition) is 3. The number of anilines is 1. The summed E-state index contributed by atoms with van der Waals surface area (Å²) in [6.07, 6.45) is 0. The van der Waals surface area contributed by atoms with Crippen molar-refractivity contribution in [1.82, 2.24) is 4.72 Å². The van der Waals surface area contributed by atoms with Crippen LogP contribution < -0.4 is 10.5 Å². The highest BCUT2D eigenvalue weighted by atomic mass is 32.2. The molecular weight excluding hydrogens is 302 g/mol. The lowest BCUT2D eigenvalue weighted by atomic mass is 10.3. The van der Waals surface area contributed by atoms with Gasteiger partial charge in [0.25, 0.3) is 5.69 Å². The number of nitro benzene ring substituents is 1. The second kappa shape index (κ2) is 4.73. The molecule has 0 atom stereocenters. The van der Waals surface area contributed by atoms with Crippen LogP contribution in [-0.4, -0.2) is 33.4 Å². The standard InChI is InChI=1S/C7H9N3O7S2/c1-9-18(13,14)6-3-7(19(15,16)17)5(10(11)12)2-4(6)8/h2-3,9H,8H2,1H3,(H,15,16,17). The van der Waals surface area contributed by atoms with Crippen molar-refractivity contribution in [3.8, 4) is 0 Å². The lowest BCUT2D eigenvalue weighted by Gasteiger charge is -2.08. The molecule has 0 saturated heterocycles. The third-order valence-corrected chi connectivity index (χ3v) is 4.48.